The Hall–Kier alpha value is -3.61. The molecule has 1 fully saturated rings. The minimum absolute atomic E-state index is 0.0793. The summed E-state index contributed by atoms with van der Waals surface area (Å²) >= 11 is 0. The number of nitrogens with zero attached hydrogens (tertiary/aromatic N) is 3. The molecule has 1 N–H and O–H groups in total. The second-order valence-electron chi connectivity index (χ2n) is 9.34. The topological polar surface area (TPSA) is 76.5 Å². The Labute approximate surface area is 194 Å². The average molecular weight is 447 g/mol. The zero-order valence-electron chi connectivity index (χ0n) is 19.5. The number of benzene rings is 2. The molecule has 2 aromatic carbocycles. The zero-order chi connectivity index (χ0) is 23.6. The van der Waals surface area contributed by atoms with Gasteiger partial charge in [0, 0.05) is 23.5 Å². The van der Waals surface area contributed by atoms with Gasteiger partial charge in [-0.15, -0.1) is 0 Å². The smallest absolute Gasteiger partial charge is 0.411 e. The minimum atomic E-state index is -0.630. The lowest BCUT2D eigenvalue weighted by molar-refractivity contribution is -0.120. The van der Waals surface area contributed by atoms with Crippen molar-refractivity contribution in [3.63, 3.8) is 0 Å². The van der Waals surface area contributed by atoms with Gasteiger partial charge in [0.1, 0.15) is 11.6 Å². The lowest BCUT2D eigenvalue weighted by Crippen LogP contribution is -2.48. The molecule has 0 bridgehead atoms. The highest BCUT2D eigenvalue weighted by Crippen LogP contribution is 2.29. The van der Waals surface area contributed by atoms with Crippen LogP contribution < -0.4 is 5.32 Å². The molecule has 0 unspecified atom stereocenters. The average Bonchev–Trinajstić information content (AvgIpc) is 3.37. The summed E-state index contributed by atoms with van der Waals surface area (Å²) in [7, 11) is 0. The van der Waals surface area contributed by atoms with E-state index >= 15 is 0 Å². The molecule has 2 atom stereocenters. The van der Waals surface area contributed by atoms with Gasteiger partial charge in [-0.05, 0) is 52.7 Å². The first-order chi connectivity index (χ1) is 15.7. The molecule has 0 aliphatic carbocycles. The first-order valence-corrected chi connectivity index (χ1v) is 11.3. The largest absolute Gasteiger partial charge is 0.444 e. The van der Waals surface area contributed by atoms with Crippen LogP contribution in [-0.4, -0.2) is 44.1 Å². The highest BCUT2D eigenvalue weighted by atomic mass is 16.6. The summed E-state index contributed by atoms with van der Waals surface area (Å²) in [4.78, 5) is 32.4. The van der Waals surface area contributed by atoms with Crippen molar-refractivity contribution in [2.45, 2.75) is 58.2 Å². The van der Waals surface area contributed by atoms with Crippen LogP contribution in [0.1, 0.15) is 40.5 Å². The number of para-hydroxylation sites is 1. The van der Waals surface area contributed by atoms with Crippen molar-refractivity contribution >= 4 is 17.9 Å². The maximum atomic E-state index is 13.4. The molecule has 7 nitrogen and oxygen atoms in total. The van der Waals surface area contributed by atoms with E-state index in [-0.39, 0.29) is 11.9 Å². The van der Waals surface area contributed by atoms with Gasteiger partial charge in [-0.2, -0.15) is 0 Å². The number of ether oxygens (including phenoxy) is 1. The van der Waals surface area contributed by atoms with Crippen LogP contribution in [0.2, 0.25) is 0 Å². The number of carbonyl (C=O) groups is 2. The minimum Gasteiger partial charge on any atom is -0.444 e. The number of hydrogen-bond acceptors (Lipinski definition) is 4. The second kappa shape index (κ2) is 9.10. The van der Waals surface area contributed by atoms with Gasteiger partial charge >= 0.3 is 6.09 Å². The van der Waals surface area contributed by atoms with Crippen LogP contribution in [0, 0.1) is 0 Å². The normalized spacial score (nSPS) is 18.2. The van der Waals surface area contributed by atoms with Gasteiger partial charge < -0.3 is 4.74 Å². The highest BCUT2D eigenvalue weighted by molar-refractivity contribution is 5.96. The maximum Gasteiger partial charge on any atom is 0.411 e. The summed E-state index contributed by atoms with van der Waals surface area (Å²) in [6.45, 7) is 7.41. The first-order valence-electron chi connectivity index (χ1n) is 11.3. The number of nitrogens with one attached hydrogen (secondary N) is 1. The number of hydrogen-bond donors (Lipinski definition) is 1. The van der Waals surface area contributed by atoms with Crippen molar-refractivity contribution in [3.05, 3.63) is 66.9 Å². The van der Waals surface area contributed by atoms with Crippen LogP contribution in [0.15, 0.2) is 66.9 Å². The van der Waals surface area contributed by atoms with Gasteiger partial charge in [0.15, 0.2) is 0 Å². The van der Waals surface area contributed by atoms with E-state index in [1.165, 1.54) is 0 Å². The predicted molar refractivity (Wildman–Crippen MR) is 128 cm³/mol. The number of amides is 2. The molecule has 0 saturated carbocycles. The monoisotopic (exact) mass is 446 g/mol. The van der Waals surface area contributed by atoms with Gasteiger partial charge in [0.25, 0.3) is 0 Å². The summed E-state index contributed by atoms with van der Waals surface area (Å²) in [5.41, 5.74) is 1.95. The Morgan fingerprint density at radius 1 is 1.00 bits per heavy atom. The Morgan fingerprint density at radius 2 is 1.64 bits per heavy atom. The fourth-order valence-electron chi connectivity index (χ4n) is 4.06. The molecule has 3 aromatic rings. The molecule has 7 heteroatoms. The Balaban J connectivity index is 1.63. The third kappa shape index (κ3) is 5.08. The molecule has 172 valence electrons. The quantitative estimate of drug-likeness (QED) is 0.593. The van der Waals surface area contributed by atoms with E-state index in [0.717, 1.165) is 23.4 Å². The fraction of sp³-hybridized carbons (Fsp3) is 0.346. The number of anilines is 1. The Bertz CT molecular complexity index is 1120. The molecule has 4 rings (SSSR count). The van der Waals surface area contributed by atoms with E-state index in [9.17, 15) is 9.59 Å². The first kappa shape index (κ1) is 22.6. The van der Waals surface area contributed by atoms with Crippen molar-refractivity contribution in [2.75, 3.05) is 5.32 Å². The summed E-state index contributed by atoms with van der Waals surface area (Å²) in [6, 6.07) is 18.8. The Kier molecular flexibility index (Phi) is 6.22. The van der Waals surface area contributed by atoms with Crippen molar-refractivity contribution in [1.82, 2.24) is 14.5 Å². The lowest BCUT2D eigenvalue weighted by atomic mass is 10.2. The predicted octanol–water partition coefficient (Wildman–Crippen LogP) is 5.27. The van der Waals surface area contributed by atoms with Crippen molar-refractivity contribution < 1.29 is 14.3 Å². The number of carbonyl (C=O) groups excluding carboxylic acids is 2. The van der Waals surface area contributed by atoms with E-state index in [1.807, 2.05) is 99.1 Å². The van der Waals surface area contributed by atoms with E-state index in [1.54, 1.807) is 4.90 Å². The summed E-state index contributed by atoms with van der Waals surface area (Å²) in [5.74, 6) is 0.140. The number of aromatic nitrogens is 2. The summed E-state index contributed by atoms with van der Waals surface area (Å²) < 4.78 is 7.42. The highest BCUT2D eigenvalue weighted by Gasteiger charge is 2.41. The van der Waals surface area contributed by atoms with Crippen LogP contribution >= 0.6 is 0 Å². The van der Waals surface area contributed by atoms with Crippen LogP contribution in [0.3, 0.4) is 0 Å². The molecular weight excluding hydrogens is 416 g/mol. The number of imidazole rings is 1. The van der Waals surface area contributed by atoms with Crippen molar-refractivity contribution in [2.24, 2.45) is 0 Å². The molecule has 2 heterocycles. The number of likely N-dealkylation sites (tertiary alicyclic amines) is 1. The fourth-order valence-corrected chi connectivity index (χ4v) is 4.06. The van der Waals surface area contributed by atoms with Gasteiger partial charge in [-0.25, -0.2) is 9.78 Å². The SMILES string of the molecule is C[C@@H]1CC[C@@H](C(=O)Nc2nc(-c3ccccc3)cn2-c2ccccc2)N1C(=O)OC(C)(C)C. The van der Waals surface area contributed by atoms with Gasteiger partial charge in [-0.1, -0.05) is 48.5 Å². The van der Waals surface area contributed by atoms with Gasteiger partial charge in [-0.3, -0.25) is 19.6 Å². The molecule has 1 aliphatic rings. The second-order valence-corrected chi connectivity index (χ2v) is 9.34. The maximum absolute atomic E-state index is 13.4. The van der Waals surface area contributed by atoms with E-state index in [4.69, 9.17) is 9.72 Å². The van der Waals surface area contributed by atoms with E-state index in [0.29, 0.717) is 12.4 Å². The molecule has 2 amide bonds. The molecular formula is C26H30N4O3. The summed E-state index contributed by atoms with van der Waals surface area (Å²) in [5, 5.41) is 2.97. The third-order valence-corrected chi connectivity index (χ3v) is 5.62. The zero-order valence-corrected chi connectivity index (χ0v) is 19.5. The summed E-state index contributed by atoms with van der Waals surface area (Å²) in [6.07, 6.45) is 2.75. The van der Waals surface area contributed by atoms with Crippen LogP contribution in [0.25, 0.3) is 16.9 Å². The molecule has 1 saturated heterocycles. The molecule has 1 aromatic heterocycles. The van der Waals surface area contributed by atoms with Crippen LogP contribution in [-0.2, 0) is 9.53 Å². The van der Waals surface area contributed by atoms with Gasteiger partial charge in [0.2, 0.25) is 11.9 Å². The molecule has 33 heavy (non-hydrogen) atoms. The van der Waals surface area contributed by atoms with Crippen LogP contribution in [0.4, 0.5) is 10.7 Å². The van der Waals surface area contributed by atoms with Crippen molar-refractivity contribution in [1.29, 1.82) is 0 Å². The lowest BCUT2D eigenvalue weighted by Gasteiger charge is -2.30. The van der Waals surface area contributed by atoms with Crippen molar-refractivity contribution in [3.8, 4) is 16.9 Å². The molecule has 0 radical (unpaired) electrons. The van der Waals surface area contributed by atoms with E-state index in [2.05, 4.69) is 5.32 Å². The molecule has 0 spiro atoms. The van der Waals surface area contributed by atoms with Crippen LogP contribution in [0.5, 0.6) is 0 Å². The van der Waals surface area contributed by atoms with Gasteiger partial charge in [0.05, 0.1) is 5.69 Å². The standard InChI is InChI=1S/C26H30N4O3/c1-18-15-16-22(30(18)25(32)33-26(2,3)4)23(31)28-24-27-21(19-11-7-5-8-12-19)17-29(24)20-13-9-6-10-14-20/h5-14,17-18,22H,15-16H2,1-4H3,(H,27,28,31)/t18-,22+/m1/s1. The Morgan fingerprint density at radius 3 is 2.27 bits per heavy atom. The molecule has 1 aliphatic heterocycles. The third-order valence-electron chi connectivity index (χ3n) is 5.62. The van der Waals surface area contributed by atoms with E-state index < -0.39 is 17.7 Å². The number of rotatable bonds is 4.